The van der Waals surface area contributed by atoms with E-state index in [1.165, 1.54) is 33.0 Å². The molecule has 104 valence electrons. The van der Waals surface area contributed by atoms with Crippen molar-refractivity contribution >= 4 is 16.3 Å². The molecule has 0 saturated heterocycles. The van der Waals surface area contributed by atoms with Crippen molar-refractivity contribution in [2.45, 2.75) is 20.3 Å². The standard InChI is InChI=1S/C21H20/c1-3-8-21(20-12-7-4-9-16(20)2)19-14-13-17-10-5-6-11-18(17)15-19/h4-15H,3H2,1-2H3. The summed E-state index contributed by atoms with van der Waals surface area (Å²) >= 11 is 0. The van der Waals surface area contributed by atoms with Gasteiger partial charge in [-0.3, -0.25) is 0 Å². The van der Waals surface area contributed by atoms with Crippen molar-refractivity contribution in [2.75, 3.05) is 0 Å². The van der Waals surface area contributed by atoms with Crippen LogP contribution in [0, 0.1) is 6.92 Å². The SMILES string of the molecule is CCC=C(c1ccc2ccccc2c1)c1ccccc1C. The fourth-order valence-electron chi connectivity index (χ4n) is 2.82. The van der Waals surface area contributed by atoms with Crippen LogP contribution in [0.25, 0.3) is 16.3 Å². The van der Waals surface area contributed by atoms with E-state index in [4.69, 9.17) is 0 Å². The third-order valence-electron chi connectivity index (χ3n) is 3.90. The van der Waals surface area contributed by atoms with E-state index in [0.717, 1.165) is 6.42 Å². The Hall–Kier alpha value is -2.34. The molecule has 0 bridgehead atoms. The Bertz CT molecular complexity index is 794. The second kappa shape index (κ2) is 5.97. The van der Waals surface area contributed by atoms with Gasteiger partial charge in [0, 0.05) is 0 Å². The molecule has 3 aromatic rings. The highest BCUT2D eigenvalue weighted by Crippen LogP contribution is 2.29. The van der Waals surface area contributed by atoms with Gasteiger partial charge in [-0.1, -0.05) is 73.7 Å². The van der Waals surface area contributed by atoms with Crippen LogP contribution in [-0.4, -0.2) is 0 Å². The van der Waals surface area contributed by atoms with E-state index in [-0.39, 0.29) is 0 Å². The summed E-state index contributed by atoms with van der Waals surface area (Å²) in [6.07, 6.45) is 3.36. The number of rotatable bonds is 3. The molecule has 0 aliphatic heterocycles. The van der Waals surface area contributed by atoms with Gasteiger partial charge in [-0.15, -0.1) is 0 Å². The van der Waals surface area contributed by atoms with Crippen LogP contribution in [0.15, 0.2) is 72.8 Å². The summed E-state index contributed by atoms with van der Waals surface area (Å²) < 4.78 is 0. The number of hydrogen-bond acceptors (Lipinski definition) is 0. The van der Waals surface area contributed by atoms with Gasteiger partial charge >= 0.3 is 0 Å². The molecule has 3 aromatic carbocycles. The van der Waals surface area contributed by atoms with E-state index in [0.29, 0.717) is 0 Å². The van der Waals surface area contributed by atoms with E-state index in [1.807, 2.05) is 0 Å². The minimum atomic E-state index is 1.04. The molecule has 0 radical (unpaired) electrons. The van der Waals surface area contributed by atoms with E-state index < -0.39 is 0 Å². The van der Waals surface area contributed by atoms with Crippen LogP contribution in [0.5, 0.6) is 0 Å². The highest BCUT2D eigenvalue weighted by Gasteiger charge is 2.07. The molecule has 0 heteroatoms. The Balaban J connectivity index is 2.16. The largest absolute Gasteiger partial charge is 0.0763 e. The number of allylic oxidation sites excluding steroid dienone is 1. The summed E-state index contributed by atoms with van der Waals surface area (Å²) in [6.45, 7) is 4.37. The Morgan fingerprint density at radius 2 is 1.57 bits per heavy atom. The summed E-state index contributed by atoms with van der Waals surface area (Å²) in [5.74, 6) is 0. The van der Waals surface area contributed by atoms with E-state index in [9.17, 15) is 0 Å². The molecule has 0 aliphatic rings. The third-order valence-corrected chi connectivity index (χ3v) is 3.90. The van der Waals surface area contributed by atoms with Gasteiger partial charge in [-0.05, 0) is 52.4 Å². The fourth-order valence-corrected chi connectivity index (χ4v) is 2.82. The lowest BCUT2D eigenvalue weighted by Gasteiger charge is -2.12. The molecule has 0 aromatic heterocycles. The Morgan fingerprint density at radius 1 is 0.857 bits per heavy atom. The summed E-state index contributed by atoms with van der Waals surface area (Å²) in [5, 5.41) is 2.59. The van der Waals surface area contributed by atoms with Gasteiger partial charge in [-0.25, -0.2) is 0 Å². The van der Waals surface area contributed by atoms with Crippen LogP contribution in [0.4, 0.5) is 0 Å². The zero-order valence-corrected chi connectivity index (χ0v) is 12.6. The normalized spacial score (nSPS) is 11.8. The lowest BCUT2D eigenvalue weighted by Crippen LogP contribution is -1.91. The Labute approximate surface area is 126 Å². The molecule has 21 heavy (non-hydrogen) atoms. The second-order valence-corrected chi connectivity index (χ2v) is 5.40. The summed E-state index contributed by atoms with van der Waals surface area (Å²) in [5.41, 5.74) is 5.28. The smallest absolute Gasteiger partial charge is 0.0149 e. The van der Waals surface area contributed by atoms with E-state index in [2.05, 4.69) is 86.7 Å². The average molecular weight is 272 g/mol. The van der Waals surface area contributed by atoms with Gasteiger partial charge in [0.05, 0.1) is 0 Å². The number of aryl methyl sites for hydroxylation is 1. The zero-order chi connectivity index (χ0) is 14.7. The summed E-state index contributed by atoms with van der Waals surface area (Å²) in [4.78, 5) is 0. The van der Waals surface area contributed by atoms with E-state index >= 15 is 0 Å². The molecule has 0 atom stereocenters. The van der Waals surface area contributed by atoms with Gasteiger partial charge in [0.1, 0.15) is 0 Å². The van der Waals surface area contributed by atoms with Gasteiger partial charge in [0.15, 0.2) is 0 Å². The Morgan fingerprint density at radius 3 is 2.33 bits per heavy atom. The van der Waals surface area contributed by atoms with Crippen LogP contribution in [0.1, 0.15) is 30.0 Å². The van der Waals surface area contributed by atoms with Gasteiger partial charge in [0.2, 0.25) is 0 Å². The molecular weight excluding hydrogens is 252 g/mol. The van der Waals surface area contributed by atoms with Crippen LogP contribution in [0.2, 0.25) is 0 Å². The fraction of sp³-hybridized carbons (Fsp3) is 0.143. The Kier molecular flexibility index (Phi) is 3.87. The number of hydrogen-bond donors (Lipinski definition) is 0. The van der Waals surface area contributed by atoms with Crippen molar-refractivity contribution in [3.63, 3.8) is 0 Å². The molecule has 0 spiro atoms. The molecule has 0 fully saturated rings. The predicted octanol–water partition coefficient (Wildman–Crippen LogP) is 5.99. The van der Waals surface area contributed by atoms with Crippen molar-refractivity contribution in [3.05, 3.63) is 89.5 Å². The monoisotopic (exact) mass is 272 g/mol. The minimum absolute atomic E-state index is 1.04. The second-order valence-electron chi connectivity index (χ2n) is 5.40. The topological polar surface area (TPSA) is 0 Å². The molecule has 0 nitrogen and oxygen atoms in total. The quantitative estimate of drug-likeness (QED) is 0.549. The third kappa shape index (κ3) is 2.75. The van der Waals surface area contributed by atoms with E-state index in [1.54, 1.807) is 0 Å². The van der Waals surface area contributed by atoms with Gasteiger partial charge < -0.3 is 0 Å². The van der Waals surface area contributed by atoms with Crippen molar-refractivity contribution in [3.8, 4) is 0 Å². The maximum Gasteiger partial charge on any atom is -0.0149 e. The molecule has 3 rings (SSSR count). The molecule has 0 heterocycles. The lowest BCUT2D eigenvalue weighted by molar-refractivity contribution is 1.22. The summed E-state index contributed by atoms with van der Waals surface area (Å²) in [7, 11) is 0. The van der Waals surface area contributed by atoms with Crippen molar-refractivity contribution in [1.82, 2.24) is 0 Å². The highest BCUT2D eigenvalue weighted by molar-refractivity contribution is 5.90. The number of benzene rings is 3. The highest BCUT2D eigenvalue weighted by atomic mass is 14.1. The van der Waals surface area contributed by atoms with Crippen LogP contribution < -0.4 is 0 Å². The van der Waals surface area contributed by atoms with Crippen LogP contribution >= 0.6 is 0 Å². The summed E-state index contributed by atoms with van der Waals surface area (Å²) in [6, 6.07) is 23.9. The predicted molar refractivity (Wildman–Crippen MR) is 92.5 cm³/mol. The molecule has 0 aliphatic carbocycles. The molecule has 0 N–H and O–H groups in total. The molecule has 0 amide bonds. The molecule has 0 unspecified atom stereocenters. The maximum atomic E-state index is 2.33. The zero-order valence-electron chi connectivity index (χ0n) is 12.6. The van der Waals surface area contributed by atoms with Gasteiger partial charge in [0.25, 0.3) is 0 Å². The van der Waals surface area contributed by atoms with Crippen LogP contribution in [0.3, 0.4) is 0 Å². The van der Waals surface area contributed by atoms with Crippen LogP contribution in [-0.2, 0) is 0 Å². The van der Waals surface area contributed by atoms with Crippen molar-refractivity contribution in [1.29, 1.82) is 0 Å². The number of fused-ring (bicyclic) bond motifs is 1. The first-order chi connectivity index (χ1) is 10.3. The lowest BCUT2D eigenvalue weighted by atomic mass is 9.92. The molecule has 0 saturated carbocycles. The minimum Gasteiger partial charge on any atom is -0.0763 e. The average Bonchev–Trinajstić information content (AvgIpc) is 2.53. The maximum absolute atomic E-state index is 2.33. The first-order valence-electron chi connectivity index (χ1n) is 7.55. The first-order valence-corrected chi connectivity index (χ1v) is 7.55. The van der Waals surface area contributed by atoms with Crippen molar-refractivity contribution < 1.29 is 0 Å². The van der Waals surface area contributed by atoms with Crippen molar-refractivity contribution in [2.24, 2.45) is 0 Å². The molecular formula is C21H20. The first kappa shape index (κ1) is 13.6. The van der Waals surface area contributed by atoms with Gasteiger partial charge in [-0.2, -0.15) is 0 Å².